The lowest BCUT2D eigenvalue weighted by molar-refractivity contribution is -0.111. The molecule has 0 atom stereocenters. The summed E-state index contributed by atoms with van der Waals surface area (Å²) >= 11 is 3.61. The number of hydrogen-bond donors (Lipinski definition) is 1. The van der Waals surface area contributed by atoms with Gasteiger partial charge in [0.05, 0.1) is 18.7 Å². The lowest BCUT2D eigenvalue weighted by Gasteiger charge is -2.33. The fraction of sp³-hybridized carbons (Fsp3) is 0.286. The smallest absolute Gasteiger partial charge is 0.184 e. The topological polar surface area (TPSA) is 45.3 Å². The number of H-pyrrole nitrogens is 1. The van der Waals surface area contributed by atoms with Crippen LogP contribution in [0.5, 0.6) is 0 Å². The van der Waals surface area contributed by atoms with E-state index in [9.17, 15) is 4.79 Å². The van der Waals surface area contributed by atoms with Crippen molar-refractivity contribution < 1.29 is 9.53 Å². The van der Waals surface area contributed by atoms with Gasteiger partial charge in [-0.1, -0.05) is 12.1 Å². The lowest BCUT2D eigenvalue weighted by atomic mass is 9.88. The quantitative estimate of drug-likeness (QED) is 0.806. The largest absolute Gasteiger partial charge is 0.378 e. The van der Waals surface area contributed by atoms with E-state index in [1.165, 1.54) is 22.1 Å². The van der Waals surface area contributed by atoms with E-state index in [2.05, 4.69) is 50.1 Å². The molecule has 4 nitrogen and oxygen atoms in total. The van der Waals surface area contributed by atoms with Crippen LogP contribution in [0, 0.1) is 0 Å². The number of nitrogens with one attached hydrogen (secondary N) is 1. The summed E-state index contributed by atoms with van der Waals surface area (Å²) in [4.78, 5) is 18.3. The zero-order valence-corrected chi connectivity index (χ0v) is 15.9. The molecule has 1 aromatic heterocycles. The number of halogens is 1. The number of ketones is 1. The first-order valence-electron chi connectivity index (χ1n) is 8.98. The van der Waals surface area contributed by atoms with E-state index in [4.69, 9.17) is 4.74 Å². The van der Waals surface area contributed by atoms with Crippen LogP contribution >= 0.6 is 15.9 Å². The molecule has 1 saturated heterocycles. The molecule has 3 aliphatic rings. The summed E-state index contributed by atoms with van der Waals surface area (Å²) in [6, 6.07) is 6.34. The zero-order chi connectivity index (χ0) is 17.7. The molecular formula is C21H19BrN2O2. The minimum atomic E-state index is 0.168. The van der Waals surface area contributed by atoms with Crippen molar-refractivity contribution in [1.82, 2.24) is 9.88 Å². The Bertz CT molecular complexity index is 1010. The molecule has 0 radical (unpaired) electrons. The molecule has 5 heteroatoms. The average Bonchev–Trinajstić information content (AvgIpc) is 3.31. The first-order chi connectivity index (χ1) is 12.7. The fourth-order valence-corrected chi connectivity index (χ4v) is 4.68. The van der Waals surface area contributed by atoms with Crippen LogP contribution in [0.15, 0.2) is 57.9 Å². The normalized spacial score (nSPS) is 20.5. The van der Waals surface area contributed by atoms with Crippen molar-refractivity contribution in [3.05, 3.63) is 63.4 Å². The Morgan fingerprint density at radius 1 is 1.12 bits per heavy atom. The molecule has 1 aromatic carbocycles. The molecule has 2 aromatic rings. The number of carbonyl (C=O) groups excluding carboxylic acids is 1. The number of ether oxygens (including phenoxy) is 1. The maximum absolute atomic E-state index is 12.7. The third-order valence-corrected chi connectivity index (χ3v) is 6.19. The third kappa shape index (κ3) is 2.49. The lowest BCUT2D eigenvalue weighted by Crippen LogP contribution is -2.36. The number of fused-ring (bicyclic) bond motifs is 1. The van der Waals surface area contributed by atoms with Gasteiger partial charge in [0.1, 0.15) is 0 Å². The molecule has 1 N–H and O–H groups in total. The Labute approximate surface area is 160 Å². The number of morpholine rings is 1. The van der Waals surface area contributed by atoms with Crippen LogP contribution in [0.3, 0.4) is 0 Å². The highest BCUT2D eigenvalue weighted by Gasteiger charge is 2.30. The number of carbonyl (C=O) groups is 1. The van der Waals surface area contributed by atoms with Gasteiger partial charge in [0.2, 0.25) is 0 Å². The fourth-order valence-electron chi connectivity index (χ4n) is 4.22. The standard InChI is InChI=1S/C21H19BrN2O2/c22-19-4-3-14(17-5-6-23-21(17)19)15-1-2-16-18(15)11-13(12-20(16)25)24-7-9-26-10-8-24/h1,3-6,12,23H,2,7-11H2. The number of aromatic amines is 1. The molecule has 26 heavy (non-hydrogen) atoms. The number of allylic oxidation sites excluding steroid dienone is 5. The predicted molar refractivity (Wildman–Crippen MR) is 106 cm³/mol. The second kappa shape index (κ2) is 6.25. The summed E-state index contributed by atoms with van der Waals surface area (Å²) in [6.07, 6.45) is 7.59. The maximum atomic E-state index is 12.7. The summed E-state index contributed by atoms with van der Waals surface area (Å²) in [6.45, 7) is 3.19. The van der Waals surface area contributed by atoms with Crippen molar-refractivity contribution >= 4 is 38.2 Å². The van der Waals surface area contributed by atoms with E-state index in [1.807, 2.05) is 12.3 Å². The van der Waals surface area contributed by atoms with Gasteiger partial charge >= 0.3 is 0 Å². The monoisotopic (exact) mass is 410 g/mol. The molecule has 0 unspecified atom stereocenters. The van der Waals surface area contributed by atoms with E-state index in [-0.39, 0.29) is 5.78 Å². The van der Waals surface area contributed by atoms with Crippen LogP contribution in [-0.2, 0) is 9.53 Å². The van der Waals surface area contributed by atoms with Gasteiger partial charge in [-0.15, -0.1) is 0 Å². The molecule has 0 saturated carbocycles. The highest BCUT2D eigenvalue weighted by Crippen LogP contribution is 2.43. The Kier molecular flexibility index (Phi) is 3.87. The molecule has 5 rings (SSSR count). The molecule has 0 spiro atoms. The predicted octanol–water partition coefficient (Wildman–Crippen LogP) is 4.20. The highest BCUT2D eigenvalue weighted by molar-refractivity contribution is 9.10. The van der Waals surface area contributed by atoms with E-state index in [0.717, 1.165) is 60.4 Å². The Morgan fingerprint density at radius 3 is 2.81 bits per heavy atom. The zero-order valence-electron chi connectivity index (χ0n) is 14.3. The van der Waals surface area contributed by atoms with Gasteiger partial charge in [0.25, 0.3) is 0 Å². The van der Waals surface area contributed by atoms with Crippen molar-refractivity contribution in [2.24, 2.45) is 0 Å². The molecule has 1 fully saturated rings. The van der Waals surface area contributed by atoms with E-state index >= 15 is 0 Å². The summed E-state index contributed by atoms with van der Waals surface area (Å²) < 4.78 is 6.52. The van der Waals surface area contributed by atoms with Crippen LogP contribution in [0.25, 0.3) is 16.5 Å². The third-order valence-electron chi connectivity index (χ3n) is 5.53. The molecule has 2 aliphatic carbocycles. The summed E-state index contributed by atoms with van der Waals surface area (Å²) in [5.41, 5.74) is 6.80. The first kappa shape index (κ1) is 16.1. The van der Waals surface area contributed by atoms with Crippen molar-refractivity contribution in [1.29, 1.82) is 0 Å². The van der Waals surface area contributed by atoms with Gasteiger partial charge in [0.15, 0.2) is 5.78 Å². The van der Waals surface area contributed by atoms with Gasteiger partial charge < -0.3 is 14.6 Å². The van der Waals surface area contributed by atoms with E-state index < -0.39 is 0 Å². The molecule has 0 amide bonds. The van der Waals surface area contributed by atoms with Crippen LogP contribution in [0.4, 0.5) is 0 Å². The van der Waals surface area contributed by atoms with Crippen LogP contribution < -0.4 is 0 Å². The minimum absolute atomic E-state index is 0.168. The minimum Gasteiger partial charge on any atom is -0.378 e. The van der Waals surface area contributed by atoms with Crippen molar-refractivity contribution in [2.45, 2.75) is 12.8 Å². The highest BCUT2D eigenvalue weighted by atomic mass is 79.9. The van der Waals surface area contributed by atoms with Crippen LogP contribution in [0.1, 0.15) is 18.4 Å². The second-order valence-corrected chi connectivity index (χ2v) is 7.77. The second-order valence-electron chi connectivity index (χ2n) is 6.92. The van der Waals surface area contributed by atoms with E-state index in [0.29, 0.717) is 0 Å². The Hall–Kier alpha value is -2.11. The van der Waals surface area contributed by atoms with Gasteiger partial charge in [-0.2, -0.15) is 0 Å². The number of nitrogens with zero attached hydrogens (tertiary/aromatic N) is 1. The number of hydrogen-bond acceptors (Lipinski definition) is 3. The van der Waals surface area contributed by atoms with Gasteiger partial charge in [-0.25, -0.2) is 0 Å². The average molecular weight is 411 g/mol. The maximum Gasteiger partial charge on any atom is 0.184 e. The van der Waals surface area contributed by atoms with Crippen molar-refractivity contribution in [2.75, 3.05) is 26.3 Å². The van der Waals surface area contributed by atoms with Gasteiger partial charge in [0, 0.05) is 52.9 Å². The summed E-state index contributed by atoms with van der Waals surface area (Å²) in [5.74, 6) is 0.168. The van der Waals surface area contributed by atoms with Gasteiger partial charge in [-0.3, -0.25) is 4.79 Å². The SMILES string of the molecule is O=C1C=C(N2CCOCC2)CC2=C1CC=C2c1ccc(Br)c2[nH]ccc12. The number of aromatic nitrogens is 1. The molecule has 1 aliphatic heterocycles. The van der Waals surface area contributed by atoms with Crippen LogP contribution in [0.2, 0.25) is 0 Å². The first-order valence-corrected chi connectivity index (χ1v) is 9.78. The summed E-state index contributed by atoms with van der Waals surface area (Å²) in [5, 5.41) is 1.19. The Balaban J connectivity index is 1.53. The molecule has 132 valence electrons. The molecule has 0 bridgehead atoms. The van der Waals surface area contributed by atoms with Crippen LogP contribution in [-0.4, -0.2) is 42.0 Å². The number of benzene rings is 1. The summed E-state index contributed by atoms with van der Waals surface area (Å²) in [7, 11) is 0. The van der Waals surface area contributed by atoms with E-state index in [1.54, 1.807) is 0 Å². The van der Waals surface area contributed by atoms with Crippen molar-refractivity contribution in [3.8, 4) is 0 Å². The number of rotatable bonds is 2. The Morgan fingerprint density at radius 2 is 1.96 bits per heavy atom. The molecule has 2 heterocycles. The van der Waals surface area contributed by atoms with Gasteiger partial charge in [-0.05, 0) is 51.2 Å². The van der Waals surface area contributed by atoms with Crippen molar-refractivity contribution in [3.63, 3.8) is 0 Å². The molecular weight excluding hydrogens is 392 g/mol.